The van der Waals surface area contributed by atoms with E-state index in [-0.39, 0.29) is 0 Å². The number of imidazole rings is 1. The summed E-state index contributed by atoms with van der Waals surface area (Å²) >= 11 is 1.53. The Morgan fingerprint density at radius 3 is 2.78 bits per heavy atom. The van der Waals surface area contributed by atoms with Gasteiger partial charge in [0.05, 0.1) is 18.1 Å². The maximum absolute atomic E-state index is 5.82. The first-order valence-corrected chi connectivity index (χ1v) is 6.58. The van der Waals surface area contributed by atoms with Crippen molar-refractivity contribution in [1.82, 2.24) is 24.1 Å². The molecule has 3 rings (SSSR count). The van der Waals surface area contributed by atoms with Gasteiger partial charge in [-0.15, -0.1) is 11.8 Å². The van der Waals surface area contributed by atoms with Crippen LogP contribution in [0.1, 0.15) is 0 Å². The molecule has 0 aliphatic heterocycles. The summed E-state index contributed by atoms with van der Waals surface area (Å²) < 4.78 is 3.71. The fraction of sp³-hybridized carbons (Fsp3) is 0.182. The number of aromatic nitrogens is 5. The van der Waals surface area contributed by atoms with Gasteiger partial charge >= 0.3 is 0 Å². The van der Waals surface area contributed by atoms with Crippen molar-refractivity contribution in [1.29, 1.82) is 0 Å². The number of thioether (sulfide) groups is 1. The summed E-state index contributed by atoms with van der Waals surface area (Å²) in [7, 11) is 7.70. The molecule has 3 heterocycles. The van der Waals surface area contributed by atoms with Gasteiger partial charge in [0, 0.05) is 30.6 Å². The van der Waals surface area contributed by atoms with Crippen LogP contribution in [0, 0.1) is 0 Å². The minimum Gasteiger partial charge on any atom is -0.296 e. The maximum atomic E-state index is 5.82. The molecule has 0 bridgehead atoms. The number of aryl methyl sites for hydroxylation is 1. The number of hydrogen-bond acceptors (Lipinski definition) is 4. The van der Waals surface area contributed by atoms with E-state index >= 15 is 0 Å². The smallest absolute Gasteiger partial charge is 0.170 e. The largest absolute Gasteiger partial charge is 0.296 e. The fourth-order valence-corrected chi connectivity index (χ4v) is 2.41. The standard InChI is InChI=1S/C11H10BN5S/c1-16-5-7(3-14-16)8-4-13-10-11(18-2)15-9(12)6-17(8)10/h3-6H,1-2H3. The van der Waals surface area contributed by atoms with E-state index in [9.17, 15) is 0 Å². The highest BCUT2D eigenvalue weighted by atomic mass is 32.2. The van der Waals surface area contributed by atoms with Gasteiger partial charge in [0.1, 0.15) is 12.9 Å². The molecule has 0 N–H and O–H groups in total. The Labute approximate surface area is 110 Å². The van der Waals surface area contributed by atoms with Crippen molar-refractivity contribution in [2.75, 3.05) is 6.26 Å². The van der Waals surface area contributed by atoms with Crippen LogP contribution in [-0.2, 0) is 7.05 Å². The Kier molecular flexibility index (Phi) is 2.63. The van der Waals surface area contributed by atoms with Gasteiger partial charge in [-0.1, -0.05) is 0 Å². The van der Waals surface area contributed by atoms with Crippen LogP contribution in [0.4, 0.5) is 0 Å². The Hall–Kier alpha value is -1.76. The van der Waals surface area contributed by atoms with Gasteiger partial charge in [0.2, 0.25) is 0 Å². The van der Waals surface area contributed by atoms with E-state index in [4.69, 9.17) is 7.85 Å². The summed E-state index contributed by atoms with van der Waals surface area (Å²) in [6, 6.07) is 0. The third-order valence-corrected chi connectivity index (χ3v) is 3.33. The van der Waals surface area contributed by atoms with Crippen molar-refractivity contribution in [3.63, 3.8) is 0 Å². The summed E-state index contributed by atoms with van der Waals surface area (Å²) in [5.74, 6) is 0. The highest BCUT2D eigenvalue weighted by Gasteiger charge is 2.11. The average Bonchev–Trinajstić information content (AvgIpc) is 2.93. The van der Waals surface area contributed by atoms with E-state index < -0.39 is 0 Å². The van der Waals surface area contributed by atoms with Crippen LogP contribution in [0.3, 0.4) is 0 Å². The van der Waals surface area contributed by atoms with E-state index in [2.05, 4.69) is 15.1 Å². The fourth-order valence-electron chi connectivity index (χ4n) is 1.88. The first-order chi connectivity index (χ1) is 8.69. The molecule has 0 aliphatic carbocycles. The van der Waals surface area contributed by atoms with Crippen molar-refractivity contribution in [2.24, 2.45) is 7.05 Å². The van der Waals surface area contributed by atoms with Crippen molar-refractivity contribution < 1.29 is 0 Å². The van der Waals surface area contributed by atoms with Gasteiger partial charge in [0.25, 0.3) is 0 Å². The molecule has 0 amide bonds. The lowest BCUT2D eigenvalue weighted by atomic mass is 10.1. The van der Waals surface area contributed by atoms with Gasteiger partial charge in [-0.2, -0.15) is 5.10 Å². The molecule has 0 atom stereocenters. The molecule has 0 spiro atoms. The number of hydrogen-bond donors (Lipinski definition) is 0. The molecular weight excluding hydrogens is 245 g/mol. The first kappa shape index (κ1) is 11.3. The monoisotopic (exact) mass is 255 g/mol. The van der Waals surface area contributed by atoms with Crippen LogP contribution in [-0.4, -0.2) is 38.3 Å². The molecular formula is C11H10BN5S. The minimum atomic E-state index is 0.481. The molecule has 0 saturated heterocycles. The molecule has 0 unspecified atom stereocenters. The SMILES string of the molecule is [B]c1cn2c(-c3cnn(C)c3)cnc2c(SC)n1. The summed E-state index contributed by atoms with van der Waals surface area (Å²) in [4.78, 5) is 8.67. The van der Waals surface area contributed by atoms with Crippen LogP contribution in [0.15, 0.2) is 29.8 Å². The van der Waals surface area contributed by atoms with Gasteiger partial charge in [-0.25, -0.2) is 4.98 Å². The van der Waals surface area contributed by atoms with E-state index in [1.54, 1.807) is 17.1 Å². The second kappa shape index (κ2) is 4.17. The molecule has 0 aromatic carbocycles. The molecule has 88 valence electrons. The van der Waals surface area contributed by atoms with Gasteiger partial charge < -0.3 is 0 Å². The number of nitrogens with zero attached hydrogens (tertiary/aromatic N) is 5. The summed E-state index contributed by atoms with van der Waals surface area (Å²) in [5.41, 5.74) is 3.26. The number of fused-ring (bicyclic) bond motifs is 1. The molecule has 0 aliphatic rings. The van der Waals surface area contributed by atoms with Crippen molar-refractivity contribution in [3.05, 3.63) is 24.8 Å². The predicted molar refractivity (Wildman–Crippen MR) is 72.4 cm³/mol. The zero-order valence-electron chi connectivity index (χ0n) is 10.0. The van der Waals surface area contributed by atoms with E-state index in [1.807, 2.05) is 30.1 Å². The van der Waals surface area contributed by atoms with Crippen molar-refractivity contribution in [3.8, 4) is 11.3 Å². The summed E-state index contributed by atoms with van der Waals surface area (Å²) in [6.45, 7) is 0. The maximum Gasteiger partial charge on any atom is 0.170 e. The first-order valence-electron chi connectivity index (χ1n) is 5.35. The predicted octanol–water partition coefficient (Wildman–Crippen LogP) is 0.645. The van der Waals surface area contributed by atoms with E-state index in [0.717, 1.165) is 21.9 Å². The Morgan fingerprint density at radius 1 is 1.28 bits per heavy atom. The molecule has 0 saturated carbocycles. The molecule has 3 aromatic heterocycles. The Bertz CT molecular complexity index is 717. The topological polar surface area (TPSA) is 48.0 Å². The lowest BCUT2D eigenvalue weighted by Gasteiger charge is -2.04. The van der Waals surface area contributed by atoms with Gasteiger partial charge in [-0.3, -0.25) is 14.1 Å². The summed E-state index contributed by atoms with van der Waals surface area (Å²) in [5, 5.41) is 4.99. The zero-order valence-corrected chi connectivity index (χ0v) is 10.8. The van der Waals surface area contributed by atoms with E-state index in [0.29, 0.717) is 5.59 Å². The second-order valence-corrected chi connectivity index (χ2v) is 4.71. The number of rotatable bonds is 2. The molecule has 18 heavy (non-hydrogen) atoms. The minimum absolute atomic E-state index is 0.481. The lowest BCUT2D eigenvalue weighted by molar-refractivity contribution is 0.768. The third-order valence-electron chi connectivity index (χ3n) is 2.67. The van der Waals surface area contributed by atoms with E-state index in [1.165, 1.54) is 11.8 Å². The van der Waals surface area contributed by atoms with Crippen molar-refractivity contribution in [2.45, 2.75) is 5.03 Å². The lowest BCUT2D eigenvalue weighted by Crippen LogP contribution is -2.12. The molecule has 2 radical (unpaired) electrons. The zero-order chi connectivity index (χ0) is 12.7. The van der Waals surface area contributed by atoms with Crippen LogP contribution in [0.2, 0.25) is 0 Å². The van der Waals surface area contributed by atoms with Crippen LogP contribution < -0.4 is 5.59 Å². The third kappa shape index (κ3) is 1.71. The van der Waals surface area contributed by atoms with Gasteiger partial charge in [-0.05, 0) is 6.26 Å². The highest BCUT2D eigenvalue weighted by molar-refractivity contribution is 7.98. The van der Waals surface area contributed by atoms with Crippen LogP contribution >= 0.6 is 11.8 Å². The van der Waals surface area contributed by atoms with Crippen LogP contribution in [0.25, 0.3) is 16.9 Å². The summed E-state index contributed by atoms with van der Waals surface area (Å²) in [6.07, 6.45) is 9.30. The Morgan fingerprint density at radius 2 is 2.11 bits per heavy atom. The second-order valence-electron chi connectivity index (χ2n) is 3.91. The highest BCUT2D eigenvalue weighted by Crippen LogP contribution is 2.23. The molecule has 7 heteroatoms. The molecule has 0 fully saturated rings. The van der Waals surface area contributed by atoms with Gasteiger partial charge in [0.15, 0.2) is 5.65 Å². The average molecular weight is 255 g/mol. The van der Waals surface area contributed by atoms with Crippen LogP contribution in [0.5, 0.6) is 0 Å². The quantitative estimate of drug-likeness (QED) is 0.498. The molecule has 5 nitrogen and oxygen atoms in total. The van der Waals surface area contributed by atoms with Crippen molar-refractivity contribution >= 4 is 30.8 Å². The normalized spacial score (nSPS) is 11.2. The Balaban J connectivity index is 2.28. The molecule has 3 aromatic rings.